The van der Waals surface area contributed by atoms with Crippen LogP contribution in [0.2, 0.25) is 5.02 Å². The van der Waals surface area contributed by atoms with Gasteiger partial charge in [-0.1, -0.05) is 11.6 Å². The summed E-state index contributed by atoms with van der Waals surface area (Å²) >= 11 is 6.20. The molecule has 6 heteroatoms. The predicted octanol–water partition coefficient (Wildman–Crippen LogP) is 1.51. The Kier molecular flexibility index (Phi) is 3.74. The van der Waals surface area contributed by atoms with E-state index in [1.54, 1.807) is 38.6 Å². The lowest BCUT2D eigenvalue weighted by Gasteiger charge is -2.16. The first-order valence-corrected chi connectivity index (χ1v) is 5.72. The molecule has 1 unspecified atom stereocenters. The number of nitrogens with one attached hydrogen (secondary N) is 1. The second kappa shape index (κ2) is 5.29. The highest BCUT2D eigenvalue weighted by atomic mass is 35.5. The van der Waals surface area contributed by atoms with Crippen molar-refractivity contribution in [2.45, 2.75) is 6.17 Å². The Labute approximate surface area is 110 Å². The number of halogens is 1. The Morgan fingerprint density at radius 3 is 2.56 bits per heavy atom. The van der Waals surface area contributed by atoms with Crippen LogP contribution in [-0.2, 0) is 0 Å². The van der Waals surface area contributed by atoms with E-state index in [2.05, 4.69) is 10.3 Å². The third-order valence-corrected chi connectivity index (χ3v) is 2.83. The molecule has 0 fully saturated rings. The molecule has 96 valence electrons. The minimum Gasteiger partial charge on any atom is -0.493 e. The highest BCUT2D eigenvalue weighted by molar-refractivity contribution is 6.34. The quantitative estimate of drug-likeness (QED) is 0.871. The van der Waals surface area contributed by atoms with Gasteiger partial charge in [-0.2, -0.15) is 0 Å². The number of nitrogens with zero attached hydrogens (tertiary/aromatic N) is 1. The molecule has 0 saturated carbocycles. The lowest BCUT2D eigenvalue weighted by atomic mass is 10.1. The monoisotopic (exact) mass is 267 g/mol. The number of rotatable bonds is 3. The van der Waals surface area contributed by atoms with Crippen molar-refractivity contribution in [3.63, 3.8) is 0 Å². The number of aliphatic imine (C=N–C) groups is 1. The Morgan fingerprint density at radius 1 is 1.28 bits per heavy atom. The number of nitrogens with two attached hydrogens (primary N) is 1. The SMILES string of the molecule is COc1cc(Cl)c(C2=NC(N)C=CN2)cc1OC. The van der Waals surface area contributed by atoms with Gasteiger partial charge in [-0.15, -0.1) is 0 Å². The summed E-state index contributed by atoms with van der Waals surface area (Å²) in [7, 11) is 3.13. The molecule has 1 atom stereocenters. The maximum absolute atomic E-state index is 6.20. The third-order valence-electron chi connectivity index (χ3n) is 2.52. The van der Waals surface area contributed by atoms with Gasteiger partial charge < -0.3 is 20.5 Å². The summed E-state index contributed by atoms with van der Waals surface area (Å²) in [6.07, 6.45) is 3.11. The molecule has 0 radical (unpaired) electrons. The lowest BCUT2D eigenvalue weighted by Crippen LogP contribution is -2.29. The summed E-state index contributed by atoms with van der Waals surface area (Å²) in [4.78, 5) is 4.26. The van der Waals surface area contributed by atoms with Gasteiger partial charge in [0.15, 0.2) is 11.5 Å². The van der Waals surface area contributed by atoms with Gasteiger partial charge in [0.05, 0.1) is 19.2 Å². The van der Waals surface area contributed by atoms with E-state index in [1.165, 1.54) is 0 Å². The molecule has 3 N–H and O–H groups in total. The van der Waals surface area contributed by atoms with Crippen molar-refractivity contribution in [2.24, 2.45) is 10.7 Å². The number of hydrogen-bond donors (Lipinski definition) is 2. The lowest BCUT2D eigenvalue weighted by molar-refractivity contribution is 0.355. The van der Waals surface area contributed by atoms with Crippen LogP contribution in [0.5, 0.6) is 11.5 Å². The molecular weight excluding hydrogens is 254 g/mol. The number of methoxy groups -OCH3 is 2. The summed E-state index contributed by atoms with van der Waals surface area (Å²) in [6.45, 7) is 0. The van der Waals surface area contributed by atoms with Gasteiger partial charge in [-0.25, -0.2) is 4.99 Å². The average Bonchev–Trinajstić information content (AvgIpc) is 2.38. The zero-order chi connectivity index (χ0) is 13.1. The van der Waals surface area contributed by atoms with Crippen LogP contribution in [0, 0.1) is 0 Å². The second-order valence-electron chi connectivity index (χ2n) is 3.66. The van der Waals surface area contributed by atoms with Crippen molar-refractivity contribution in [3.05, 3.63) is 35.0 Å². The first kappa shape index (κ1) is 12.7. The van der Waals surface area contributed by atoms with Gasteiger partial charge in [-0.3, -0.25) is 0 Å². The molecule has 1 heterocycles. The topological polar surface area (TPSA) is 68.9 Å². The molecule has 18 heavy (non-hydrogen) atoms. The van der Waals surface area contributed by atoms with Crippen molar-refractivity contribution in [3.8, 4) is 11.5 Å². The van der Waals surface area contributed by atoms with Crippen molar-refractivity contribution >= 4 is 17.4 Å². The van der Waals surface area contributed by atoms with Gasteiger partial charge in [0, 0.05) is 17.8 Å². The zero-order valence-corrected chi connectivity index (χ0v) is 10.9. The van der Waals surface area contributed by atoms with Crippen LogP contribution >= 0.6 is 11.6 Å². The molecule has 1 aliphatic heterocycles. The molecule has 0 bridgehead atoms. The largest absolute Gasteiger partial charge is 0.493 e. The van der Waals surface area contributed by atoms with Crippen LogP contribution in [0.3, 0.4) is 0 Å². The Hall–Kier alpha value is -1.72. The van der Waals surface area contributed by atoms with Crippen LogP contribution in [-0.4, -0.2) is 26.2 Å². The summed E-state index contributed by atoms with van der Waals surface area (Å²) in [5.74, 6) is 1.77. The van der Waals surface area contributed by atoms with Crippen LogP contribution < -0.4 is 20.5 Å². The van der Waals surface area contributed by atoms with Gasteiger partial charge in [0.2, 0.25) is 0 Å². The van der Waals surface area contributed by atoms with E-state index in [1.807, 2.05) is 0 Å². The van der Waals surface area contributed by atoms with Crippen molar-refractivity contribution in [1.29, 1.82) is 0 Å². The van der Waals surface area contributed by atoms with Crippen LogP contribution in [0.15, 0.2) is 29.4 Å². The zero-order valence-electron chi connectivity index (χ0n) is 10.1. The minimum atomic E-state index is -0.370. The summed E-state index contributed by atoms with van der Waals surface area (Å²) in [5.41, 5.74) is 6.44. The Balaban J connectivity index is 2.45. The van der Waals surface area contributed by atoms with Crippen molar-refractivity contribution < 1.29 is 9.47 Å². The summed E-state index contributed by atoms with van der Waals surface area (Å²) < 4.78 is 10.4. The molecule has 2 rings (SSSR count). The van der Waals surface area contributed by atoms with Gasteiger partial charge >= 0.3 is 0 Å². The smallest absolute Gasteiger partial charge is 0.162 e. The maximum atomic E-state index is 6.20. The van der Waals surface area contributed by atoms with E-state index in [0.29, 0.717) is 27.9 Å². The fraction of sp³-hybridized carbons (Fsp3) is 0.250. The first-order valence-electron chi connectivity index (χ1n) is 5.34. The standard InChI is InChI=1S/C12H14ClN3O2/c1-17-9-5-7(8(13)6-10(9)18-2)12-15-4-3-11(14)16-12/h3-6,11H,14H2,1-2H3,(H,15,16). The number of hydrogen-bond acceptors (Lipinski definition) is 5. The second-order valence-corrected chi connectivity index (χ2v) is 4.07. The van der Waals surface area contributed by atoms with Gasteiger partial charge in [0.25, 0.3) is 0 Å². The fourth-order valence-corrected chi connectivity index (χ4v) is 1.88. The summed E-state index contributed by atoms with van der Waals surface area (Å²) in [5, 5.41) is 3.52. The fourth-order valence-electron chi connectivity index (χ4n) is 1.64. The third kappa shape index (κ3) is 2.42. The molecule has 1 aromatic carbocycles. The highest BCUT2D eigenvalue weighted by Crippen LogP contribution is 2.33. The Morgan fingerprint density at radius 2 is 1.94 bits per heavy atom. The molecule has 1 aliphatic rings. The number of ether oxygens (including phenoxy) is 2. The molecule has 0 spiro atoms. The van der Waals surface area contributed by atoms with Crippen LogP contribution in [0.25, 0.3) is 0 Å². The summed E-state index contributed by atoms with van der Waals surface area (Å²) in [6, 6.07) is 3.45. The molecule has 0 aliphatic carbocycles. The number of amidine groups is 1. The van der Waals surface area contributed by atoms with E-state index in [-0.39, 0.29) is 6.17 Å². The Bertz CT molecular complexity index is 514. The van der Waals surface area contributed by atoms with Gasteiger partial charge in [0.1, 0.15) is 12.0 Å². The van der Waals surface area contributed by atoms with Crippen LogP contribution in [0.1, 0.15) is 5.56 Å². The normalized spacial score (nSPS) is 18.0. The van der Waals surface area contributed by atoms with E-state index in [0.717, 1.165) is 0 Å². The molecular formula is C12H14ClN3O2. The van der Waals surface area contributed by atoms with E-state index in [9.17, 15) is 0 Å². The van der Waals surface area contributed by atoms with E-state index in [4.69, 9.17) is 26.8 Å². The molecule has 0 saturated heterocycles. The molecule has 1 aromatic rings. The molecule has 0 amide bonds. The maximum Gasteiger partial charge on any atom is 0.162 e. The number of benzene rings is 1. The molecule has 5 nitrogen and oxygen atoms in total. The van der Waals surface area contributed by atoms with Crippen molar-refractivity contribution in [1.82, 2.24) is 5.32 Å². The first-order chi connectivity index (χ1) is 8.65. The highest BCUT2D eigenvalue weighted by Gasteiger charge is 2.15. The average molecular weight is 268 g/mol. The minimum absolute atomic E-state index is 0.370. The van der Waals surface area contributed by atoms with Gasteiger partial charge in [-0.05, 0) is 12.1 Å². The predicted molar refractivity (Wildman–Crippen MR) is 71.3 cm³/mol. The molecule has 0 aromatic heterocycles. The van der Waals surface area contributed by atoms with E-state index < -0.39 is 0 Å². The van der Waals surface area contributed by atoms with Crippen LogP contribution in [0.4, 0.5) is 0 Å². The van der Waals surface area contributed by atoms with Crippen molar-refractivity contribution in [2.75, 3.05) is 14.2 Å². The van der Waals surface area contributed by atoms with E-state index >= 15 is 0 Å².